The molecule has 0 bridgehead atoms. The highest BCUT2D eigenvalue weighted by Gasteiger charge is 2.33. The highest BCUT2D eigenvalue weighted by Crippen LogP contribution is 2.45. The SMILES string of the molecule is Clc1ccc(Br)cc1NC(c1cccs1)C1CC1. The van der Waals surface area contributed by atoms with Gasteiger partial charge in [-0.1, -0.05) is 33.6 Å². The Hall–Kier alpha value is -0.510. The molecule has 1 unspecified atom stereocenters. The van der Waals surface area contributed by atoms with Gasteiger partial charge in [-0.15, -0.1) is 11.3 Å². The van der Waals surface area contributed by atoms with Gasteiger partial charge in [0.05, 0.1) is 16.8 Å². The first-order valence-corrected chi connectivity index (χ1v) is 8.04. The molecule has 0 saturated heterocycles. The van der Waals surface area contributed by atoms with Crippen LogP contribution in [0.2, 0.25) is 5.02 Å². The molecular weight excluding hydrogens is 330 g/mol. The molecule has 1 aromatic carbocycles. The van der Waals surface area contributed by atoms with E-state index in [1.54, 1.807) is 0 Å². The Bertz CT molecular complexity index is 537. The largest absolute Gasteiger partial charge is 0.376 e. The van der Waals surface area contributed by atoms with E-state index in [4.69, 9.17) is 11.6 Å². The third kappa shape index (κ3) is 2.73. The Kier molecular flexibility index (Phi) is 3.64. The molecule has 1 aliphatic rings. The molecule has 0 amide bonds. The number of hydrogen-bond acceptors (Lipinski definition) is 2. The number of benzene rings is 1. The van der Waals surface area contributed by atoms with Gasteiger partial charge in [0.1, 0.15) is 0 Å². The molecule has 4 heteroatoms. The van der Waals surface area contributed by atoms with Crippen LogP contribution in [0.1, 0.15) is 23.8 Å². The Morgan fingerprint density at radius 2 is 2.17 bits per heavy atom. The van der Waals surface area contributed by atoms with Crippen molar-refractivity contribution in [1.29, 1.82) is 0 Å². The highest BCUT2D eigenvalue weighted by atomic mass is 79.9. The quantitative estimate of drug-likeness (QED) is 0.748. The van der Waals surface area contributed by atoms with Gasteiger partial charge in [0, 0.05) is 9.35 Å². The third-order valence-corrected chi connectivity index (χ3v) is 4.96. The van der Waals surface area contributed by atoms with Crippen molar-refractivity contribution in [3.8, 4) is 0 Å². The summed E-state index contributed by atoms with van der Waals surface area (Å²) in [5.41, 5.74) is 1.01. The van der Waals surface area contributed by atoms with Gasteiger partial charge in [0.2, 0.25) is 0 Å². The molecule has 1 aliphatic carbocycles. The van der Waals surface area contributed by atoms with Crippen LogP contribution in [0, 0.1) is 5.92 Å². The standard InChI is InChI=1S/C14H13BrClNS/c15-10-5-6-11(16)12(8-10)17-14(9-3-4-9)13-2-1-7-18-13/h1-2,5-9,14,17H,3-4H2. The smallest absolute Gasteiger partial charge is 0.0638 e. The lowest BCUT2D eigenvalue weighted by atomic mass is 10.1. The summed E-state index contributed by atoms with van der Waals surface area (Å²) >= 11 is 11.5. The van der Waals surface area contributed by atoms with Crippen LogP contribution in [0.15, 0.2) is 40.2 Å². The van der Waals surface area contributed by atoms with Gasteiger partial charge in [-0.05, 0) is 48.4 Å². The van der Waals surface area contributed by atoms with Crippen molar-refractivity contribution in [3.63, 3.8) is 0 Å². The van der Waals surface area contributed by atoms with Crippen molar-refractivity contribution >= 4 is 44.6 Å². The number of hydrogen-bond donors (Lipinski definition) is 1. The Labute approximate surface area is 124 Å². The van der Waals surface area contributed by atoms with Crippen LogP contribution in [-0.2, 0) is 0 Å². The molecule has 3 rings (SSSR count). The molecule has 1 aromatic heterocycles. The number of nitrogens with one attached hydrogen (secondary N) is 1. The predicted molar refractivity (Wildman–Crippen MR) is 82.6 cm³/mol. The van der Waals surface area contributed by atoms with E-state index >= 15 is 0 Å². The first-order chi connectivity index (χ1) is 8.74. The second-order valence-electron chi connectivity index (χ2n) is 4.60. The van der Waals surface area contributed by atoms with Crippen LogP contribution in [-0.4, -0.2) is 0 Å². The van der Waals surface area contributed by atoms with E-state index in [0.29, 0.717) is 6.04 Å². The molecule has 1 atom stereocenters. The molecule has 1 fully saturated rings. The van der Waals surface area contributed by atoms with E-state index in [1.165, 1.54) is 17.7 Å². The minimum Gasteiger partial charge on any atom is -0.376 e. The maximum Gasteiger partial charge on any atom is 0.0638 e. The van der Waals surface area contributed by atoms with E-state index in [0.717, 1.165) is 21.1 Å². The molecule has 2 aromatic rings. The van der Waals surface area contributed by atoms with Crippen molar-refractivity contribution in [1.82, 2.24) is 0 Å². The van der Waals surface area contributed by atoms with Crippen molar-refractivity contribution < 1.29 is 0 Å². The lowest BCUT2D eigenvalue weighted by Gasteiger charge is -2.19. The average Bonchev–Trinajstić information content (AvgIpc) is 3.05. The predicted octanol–water partition coefficient (Wildman–Crippen LogP) is 5.73. The van der Waals surface area contributed by atoms with Crippen molar-refractivity contribution in [2.24, 2.45) is 5.92 Å². The van der Waals surface area contributed by atoms with Crippen molar-refractivity contribution in [3.05, 3.63) is 50.1 Å². The molecule has 1 nitrogen and oxygen atoms in total. The van der Waals surface area contributed by atoms with Crippen molar-refractivity contribution in [2.75, 3.05) is 5.32 Å². The second-order valence-corrected chi connectivity index (χ2v) is 6.90. The van der Waals surface area contributed by atoms with Crippen LogP contribution in [0.3, 0.4) is 0 Å². The highest BCUT2D eigenvalue weighted by molar-refractivity contribution is 9.10. The van der Waals surface area contributed by atoms with Crippen molar-refractivity contribution in [2.45, 2.75) is 18.9 Å². The topological polar surface area (TPSA) is 12.0 Å². The van der Waals surface area contributed by atoms with E-state index in [-0.39, 0.29) is 0 Å². The van der Waals surface area contributed by atoms with Crippen LogP contribution in [0.4, 0.5) is 5.69 Å². The van der Waals surface area contributed by atoms with Gasteiger partial charge >= 0.3 is 0 Å². The molecule has 18 heavy (non-hydrogen) atoms. The number of rotatable bonds is 4. The van der Waals surface area contributed by atoms with Crippen LogP contribution < -0.4 is 5.32 Å². The van der Waals surface area contributed by atoms with Gasteiger partial charge in [0.15, 0.2) is 0 Å². The summed E-state index contributed by atoms with van der Waals surface area (Å²) in [6.07, 6.45) is 2.61. The minimum atomic E-state index is 0.400. The lowest BCUT2D eigenvalue weighted by molar-refractivity contribution is 0.691. The zero-order valence-electron chi connectivity index (χ0n) is 9.70. The molecule has 1 N–H and O–H groups in total. The lowest BCUT2D eigenvalue weighted by Crippen LogP contribution is -2.11. The van der Waals surface area contributed by atoms with E-state index < -0.39 is 0 Å². The molecule has 0 aliphatic heterocycles. The molecule has 1 heterocycles. The van der Waals surface area contributed by atoms with Gasteiger partial charge < -0.3 is 5.32 Å². The monoisotopic (exact) mass is 341 g/mol. The molecule has 94 valence electrons. The van der Waals surface area contributed by atoms with E-state index in [2.05, 4.69) is 38.8 Å². The fraction of sp³-hybridized carbons (Fsp3) is 0.286. The Balaban J connectivity index is 1.86. The molecular formula is C14H13BrClNS. The van der Waals surface area contributed by atoms with Gasteiger partial charge in [0.25, 0.3) is 0 Å². The van der Waals surface area contributed by atoms with Gasteiger partial charge in [-0.25, -0.2) is 0 Å². The minimum absolute atomic E-state index is 0.400. The summed E-state index contributed by atoms with van der Waals surface area (Å²) in [6.45, 7) is 0. The summed E-state index contributed by atoms with van der Waals surface area (Å²) in [5.74, 6) is 0.749. The molecule has 0 radical (unpaired) electrons. The first-order valence-electron chi connectivity index (χ1n) is 5.99. The number of halogens is 2. The summed E-state index contributed by atoms with van der Waals surface area (Å²) in [6, 6.07) is 10.6. The summed E-state index contributed by atoms with van der Waals surface area (Å²) in [4.78, 5) is 1.40. The summed E-state index contributed by atoms with van der Waals surface area (Å²) in [5, 5.41) is 6.51. The zero-order chi connectivity index (χ0) is 12.5. The fourth-order valence-corrected chi connectivity index (χ4v) is 3.50. The zero-order valence-corrected chi connectivity index (χ0v) is 12.9. The number of thiophene rings is 1. The average molecular weight is 343 g/mol. The van der Waals surface area contributed by atoms with E-state index in [1.807, 2.05) is 29.5 Å². The van der Waals surface area contributed by atoms with Gasteiger partial charge in [-0.3, -0.25) is 0 Å². The normalized spacial score (nSPS) is 16.6. The third-order valence-electron chi connectivity index (χ3n) is 3.18. The van der Waals surface area contributed by atoms with Crippen LogP contribution in [0.5, 0.6) is 0 Å². The summed E-state index contributed by atoms with van der Waals surface area (Å²) in [7, 11) is 0. The van der Waals surface area contributed by atoms with E-state index in [9.17, 15) is 0 Å². The first kappa shape index (κ1) is 12.5. The Morgan fingerprint density at radius 3 is 2.83 bits per heavy atom. The Morgan fingerprint density at radius 1 is 1.33 bits per heavy atom. The maximum absolute atomic E-state index is 6.25. The number of anilines is 1. The second kappa shape index (κ2) is 5.24. The maximum atomic E-state index is 6.25. The fourth-order valence-electron chi connectivity index (χ4n) is 2.09. The van der Waals surface area contributed by atoms with Crippen LogP contribution >= 0.6 is 38.9 Å². The van der Waals surface area contributed by atoms with Crippen LogP contribution in [0.25, 0.3) is 0 Å². The van der Waals surface area contributed by atoms with Gasteiger partial charge in [-0.2, -0.15) is 0 Å². The molecule has 0 spiro atoms. The molecule has 1 saturated carbocycles. The summed E-state index contributed by atoms with van der Waals surface area (Å²) < 4.78 is 1.05.